The van der Waals surface area contributed by atoms with Gasteiger partial charge in [0.25, 0.3) is 0 Å². The molecule has 2 heterocycles. The Balaban J connectivity index is 0.000000149. The molecule has 0 aliphatic carbocycles. The van der Waals surface area contributed by atoms with Gasteiger partial charge in [0.15, 0.2) is 0 Å². The zero-order valence-electron chi connectivity index (χ0n) is 9.92. The first-order valence-corrected chi connectivity index (χ1v) is 6.60. The molecule has 1 atom stereocenters. The summed E-state index contributed by atoms with van der Waals surface area (Å²) < 4.78 is 6.49. The van der Waals surface area contributed by atoms with Crippen LogP contribution in [0.4, 0.5) is 0 Å². The van der Waals surface area contributed by atoms with Gasteiger partial charge < -0.3 is 10.5 Å². The van der Waals surface area contributed by atoms with Crippen LogP contribution >= 0.6 is 15.9 Å². The first-order chi connectivity index (χ1) is 8.77. The van der Waals surface area contributed by atoms with Crippen molar-refractivity contribution in [2.45, 2.75) is 12.5 Å². The van der Waals surface area contributed by atoms with Crippen molar-refractivity contribution in [1.29, 1.82) is 0 Å². The van der Waals surface area contributed by atoms with E-state index in [1.807, 2.05) is 42.5 Å². The number of benzene rings is 1. The number of rotatable bonds is 0. The quantitative estimate of drug-likeness (QED) is 0.812. The summed E-state index contributed by atoms with van der Waals surface area (Å²) in [4.78, 5) is 4.15. The van der Waals surface area contributed by atoms with Crippen LogP contribution in [0.25, 0.3) is 0 Å². The third-order valence-electron chi connectivity index (χ3n) is 2.57. The molecule has 0 radical (unpaired) electrons. The minimum absolute atomic E-state index is 0.0555. The lowest BCUT2D eigenvalue weighted by Gasteiger charge is -2.20. The highest BCUT2D eigenvalue weighted by Crippen LogP contribution is 2.27. The lowest BCUT2D eigenvalue weighted by atomic mass is 10.1. The summed E-state index contributed by atoms with van der Waals surface area (Å²) in [5.41, 5.74) is 6.69. The van der Waals surface area contributed by atoms with Gasteiger partial charge in [-0.25, -0.2) is 0 Å². The molecule has 4 heteroatoms. The summed E-state index contributed by atoms with van der Waals surface area (Å²) >= 11 is 3.31. The summed E-state index contributed by atoms with van der Waals surface area (Å²) in [6.07, 6.45) is 2.61. The maximum Gasteiger partial charge on any atom is 0.142 e. The van der Waals surface area contributed by atoms with E-state index in [4.69, 9.17) is 10.5 Å². The Bertz CT molecular complexity index is 490. The van der Waals surface area contributed by atoms with Crippen LogP contribution in [-0.2, 0) is 0 Å². The Labute approximate surface area is 115 Å². The molecule has 0 fully saturated rings. The zero-order chi connectivity index (χ0) is 12.8. The van der Waals surface area contributed by atoms with E-state index in [0.29, 0.717) is 6.61 Å². The van der Waals surface area contributed by atoms with Gasteiger partial charge in [-0.3, -0.25) is 4.98 Å². The van der Waals surface area contributed by atoms with Gasteiger partial charge in [-0.05, 0) is 24.3 Å². The van der Waals surface area contributed by atoms with Crippen LogP contribution in [0.5, 0.6) is 5.75 Å². The molecule has 0 bridgehead atoms. The monoisotopic (exact) mass is 306 g/mol. The lowest BCUT2D eigenvalue weighted by molar-refractivity contribution is 0.264. The second-order valence-corrected chi connectivity index (χ2v) is 4.84. The van der Waals surface area contributed by atoms with Crippen LogP contribution in [0.3, 0.4) is 0 Å². The topological polar surface area (TPSA) is 48.1 Å². The molecule has 0 saturated heterocycles. The minimum Gasteiger partial charge on any atom is -0.492 e. The maximum absolute atomic E-state index is 5.80. The number of hydrogen-bond acceptors (Lipinski definition) is 3. The standard InChI is InChI=1S/C8H10N2O.C6H5Br/c9-6-3-5-11-7-2-1-4-10-8(6)7;7-6-4-2-1-3-5-6/h1-2,4,6H,3,5,9H2;1-5H. The van der Waals surface area contributed by atoms with Crippen LogP contribution in [-0.4, -0.2) is 11.6 Å². The van der Waals surface area contributed by atoms with Crippen LogP contribution in [0, 0.1) is 0 Å². The van der Waals surface area contributed by atoms with Crippen molar-refractivity contribution in [3.63, 3.8) is 0 Å². The van der Waals surface area contributed by atoms with Crippen molar-refractivity contribution < 1.29 is 4.74 Å². The van der Waals surface area contributed by atoms with Gasteiger partial charge in [-0.2, -0.15) is 0 Å². The van der Waals surface area contributed by atoms with Gasteiger partial charge in [0.1, 0.15) is 5.75 Å². The SMILES string of the molecule is Brc1ccccc1.NC1CCOc2cccnc21. The number of hydrogen-bond donors (Lipinski definition) is 1. The fraction of sp³-hybridized carbons (Fsp3) is 0.214. The number of aromatic nitrogens is 1. The lowest BCUT2D eigenvalue weighted by Crippen LogP contribution is -2.21. The maximum atomic E-state index is 5.80. The van der Waals surface area contributed by atoms with Crippen LogP contribution in [0.1, 0.15) is 18.2 Å². The van der Waals surface area contributed by atoms with E-state index < -0.39 is 0 Å². The largest absolute Gasteiger partial charge is 0.492 e. The van der Waals surface area contributed by atoms with Crippen molar-refractivity contribution in [1.82, 2.24) is 4.98 Å². The fourth-order valence-electron chi connectivity index (χ4n) is 1.65. The van der Waals surface area contributed by atoms with Crippen molar-refractivity contribution in [3.05, 3.63) is 58.8 Å². The highest BCUT2D eigenvalue weighted by molar-refractivity contribution is 9.10. The predicted molar refractivity (Wildman–Crippen MR) is 75.4 cm³/mol. The normalized spacial score (nSPS) is 16.9. The zero-order valence-corrected chi connectivity index (χ0v) is 11.5. The smallest absolute Gasteiger partial charge is 0.142 e. The number of pyridine rings is 1. The number of nitrogens with zero attached hydrogens (tertiary/aromatic N) is 1. The average molecular weight is 307 g/mol. The molecular formula is C14H15BrN2O. The molecule has 0 amide bonds. The molecule has 2 aromatic rings. The molecule has 3 rings (SSSR count). The Kier molecular flexibility index (Phi) is 4.73. The minimum atomic E-state index is 0.0555. The highest BCUT2D eigenvalue weighted by atomic mass is 79.9. The summed E-state index contributed by atoms with van der Waals surface area (Å²) in [5, 5.41) is 0. The number of ether oxygens (including phenoxy) is 1. The predicted octanol–water partition coefficient (Wildman–Crippen LogP) is 3.31. The Morgan fingerprint density at radius 1 is 1.17 bits per heavy atom. The molecule has 3 nitrogen and oxygen atoms in total. The van der Waals surface area contributed by atoms with E-state index in [1.165, 1.54) is 0 Å². The van der Waals surface area contributed by atoms with E-state index >= 15 is 0 Å². The van der Waals surface area contributed by atoms with Crippen molar-refractivity contribution in [3.8, 4) is 5.75 Å². The third-order valence-corrected chi connectivity index (χ3v) is 3.10. The summed E-state index contributed by atoms with van der Waals surface area (Å²) in [6, 6.07) is 13.8. The van der Waals surface area contributed by atoms with Gasteiger partial charge in [0.05, 0.1) is 18.3 Å². The van der Waals surface area contributed by atoms with Crippen LogP contribution in [0.2, 0.25) is 0 Å². The second kappa shape index (κ2) is 6.52. The molecular weight excluding hydrogens is 292 g/mol. The molecule has 1 aromatic carbocycles. The number of fused-ring (bicyclic) bond motifs is 1. The molecule has 1 aliphatic heterocycles. The third kappa shape index (κ3) is 3.55. The first kappa shape index (κ1) is 13.1. The highest BCUT2D eigenvalue weighted by Gasteiger charge is 2.17. The Morgan fingerprint density at radius 2 is 1.94 bits per heavy atom. The molecule has 1 unspecified atom stereocenters. The summed E-state index contributed by atoms with van der Waals surface area (Å²) in [5.74, 6) is 0.839. The van der Waals surface area contributed by atoms with Gasteiger partial charge in [-0.15, -0.1) is 0 Å². The van der Waals surface area contributed by atoms with E-state index in [1.54, 1.807) is 6.20 Å². The Hall–Kier alpha value is -1.39. The van der Waals surface area contributed by atoms with Crippen LogP contribution < -0.4 is 10.5 Å². The van der Waals surface area contributed by atoms with Gasteiger partial charge in [0, 0.05) is 17.1 Å². The second-order valence-electron chi connectivity index (χ2n) is 3.93. The summed E-state index contributed by atoms with van der Waals surface area (Å²) in [7, 11) is 0. The van der Waals surface area contributed by atoms with Crippen molar-refractivity contribution >= 4 is 15.9 Å². The van der Waals surface area contributed by atoms with Crippen molar-refractivity contribution in [2.75, 3.05) is 6.61 Å². The van der Waals surface area contributed by atoms with E-state index in [2.05, 4.69) is 20.9 Å². The van der Waals surface area contributed by atoms with E-state index in [-0.39, 0.29) is 6.04 Å². The van der Waals surface area contributed by atoms with E-state index in [0.717, 1.165) is 22.3 Å². The Morgan fingerprint density at radius 3 is 2.56 bits per heavy atom. The molecule has 1 aromatic heterocycles. The molecule has 0 spiro atoms. The van der Waals surface area contributed by atoms with Crippen LogP contribution in [0.15, 0.2) is 53.1 Å². The molecule has 94 valence electrons. The molecule has 18 heavy (non-hydrogen) atoms. The van der Waals surface area contributed by atoms with Gasteiger partial charge >= 0.3 is 0 Å². The van der Waals surface area contributed by atoms with E-state index in [9.17, 15) is 0 Å². The summed E-state index contributed by atoms with van der Waals surface area (Å²) in [6.45, 7) is 0.708. The van der Waals surface area contributed by atoms with Gasteiger partial charge in [0.2, 0.25) is 0 Å². The van der Waals surface area contributed by atoms with Gasteiger partial charge in [-0.1, -0.05) is 34.1 Å². The molecule has 0 saturated carbocycles. The fourth-order valence-corrected chi connectivity index (χ4v) is 1.96. The molecule has 2 N–H and O–H groups in total. The first-order valence-electron chi connectivity index (χ1n) is 5.81. The average Bonchev–Trinajstić information content (AvgIpc) is 2.41. The number of nitrogens with two attached hydrogens (primary N) is 1. The number of halogens is 1. The molecule has 1 aliphatic rings. The van der Waals surface area contributed by atoms with Crippen molar-refractivity contribution in [2.24, 2.45) is 5.73 Å².